The monoisotopic (exact) mass is 532 g/mol. The van der Waals surface area contributed by atoms with E-state index in [1.807, 2.05) is 54.8 Å². The zero-order valence-corrected chi connectivity index (χ0v) is 21.4. The predicted molar refractivity (Wildman–Crippen MR) is 137 cm³/mol. The van der Waals surface area contributed by atoms with Crippen molar-refractivity contribution in [2.75, 3.05) is 12.6 Å². The number of carbonyl (C=O) groups excluding carboxylic acids is 2. The third kappa shape index (κ3) is 8.41. The lowest BCUT2D eigenvalue weighted by atomic mass is 10.0. The summed E-state index contributed by atoms with van der Waals surface area (Å²) < 4.78 is 28.6. The lowest BCUT2D eigenvalue weighted by Crippen LogP contribution is -2.49. The average Bonchev–Trinajstić information content (AvgIpc) is 3.37. The number of aromatic nitrogens is 1. The van der Waals surface area contributed by atoms with Gasteiger partial charge in [-0.05, 0) is 36.1 Å². The van der Waals surface area contributed by atoms with Crippen LogP contribution in [0.5, 0.6) is 0 Å². The normalized spacial score (nSPS) is 13.3. The van der Waals surface area contributed by atoms with Gasteiger partial charge < -0.3 is 15.4 Å². The molecule has 3 rings (SSSR count). The number of anilines is 1. The fraction of sp³-hybridized carbons (Fsp3) is 0.292. The lowest BCUT2D eigenvalue weighted by Gasteiger charge is -2.23. The zero-order chi connectivity index (χ0) is 25.9. The minimum absolute atomic E-state index is 0.290. The number of carbonyl (C=O) groups is 2. The Balaban J connectivity index is 1.79. The van der Waals surface area contributed by atoms with Gasteiger partial charge in [0.25, 0.3) is 0 Å². The molecular formula is C24H28N4O6S2. The van der Waals surface area contributed by atoms with Crippen LogP contribution in [0.1, 0.15) is 34.8 Å². The largest absolute Gasteiger partial charge is 0.453 e. The van der Waals surface area contributed by atoms with E-state index >= 15 is 0 Å². The van der Waals surface area contributed by atoms with Gasteiger partial charge in [-0.1, -0.05) is 49.4 Å². The van der Waals surface area contributed by atoms with Gasteiger partial charge >= 0.3 is 17.5 Å². The first-order chi connectivity index (χ1) is 17.4. The second-order valence-corrected chi connectivity index (χ2v) is 9.31. The molecule has 0 spiro atoms. The number of alkyl carbamates (subject to hydrolysis) is 1. The number of ether oxygens (including phenoxy) is 1. The van der Waals surface area contributed by atoms with E-state index in [2.05, 4.69) is 25.4 Å². The van der Waals surface area contributed by atoms with Crippen LogP contribution in [0.3, 0.4) is 0 Å². The summed E-state index contributed by atoms with van der Waals surface area (Å²) in [7, 11) is 1.25. The van der Waals surface area contributed by atoms with Crippen LogP contribution in [0.2, 0.25) is 0 Å². The molecule has 2 amide bonds. The van der Waals surface area contributed by atoms with Crippen LogP contribution >= 0.6 is 11.3 Å². The van der Waals surface area contributed by atoms with E-state index in [9.17, 15) is 13.8 Å². The van der Waals surface area contributed by atoms with Gasteiger partial charge in [-0.15, -0.1) is 15.6 Å². The van der Waals surface area contributed by atoms with E-state index < -0.39 is 29.5 Å². The first-order valence-corrected chi connectivity index (χ1v) is 13.0. The minimum Gasteiger partial charge on any atom is -0.453 e. The van der Waals surface area contributed by atoms with Crippen molar-refractivity contribution in [3.8, 4) is 0 Å². The smallest absolute Gasteiger partial charge is 0.407 e. The second kappa shape index (κ2) is 13.7. The van der Waals surface area contributed by atoms with Gasteiger partial charge in [0, 0.05) is 11.8 Å². The Kier molecular flexibility index (Phi) is 10.4. The topological polar surface area (TPSA) is 139 Å². The highest BCUT2D eigenvalue weighted by Gasteiger charge is 2.26. The standard InChI is InChI=1S/C24H28N4O6S2/c1-3-22-25-21(15-35-22)19(13-17-9-11-18(12-10-17)28-34-36(31)32)26-23(29)20(27-24(30)33-2)14-16-7-5-4-6-8-16/h4-12,15,19-20,28H,3,13-14H2,1-2H3,(H,26,29)(H,27,30)(H,31,32)/t19-,20-/m0/s1. The SMILES string of the molecule is CCc1nc([C@H](Cc2ccc(NOS(=O)O)cc2)NC(=O)[C@H](Cc2ccccc2)NC(=O)OC)cs1. The van der Waals surface area contributed by atoms with Gasteiger partial charge in [0.1, 0.15) is 6.04 Å². The number of rotatable bonds is 12. The molecule has 1 unspecified atom stereocenters. The number of nitrogens with zero attached hydrogens (tertiary/aromatic N) is 1. The quantitative estimate of drug-likeness (QED) is 0.205. The van der Waals surface area contributed by atoms with Crippen LogP contribution in [0, 0.1) is 0 Å². The molecule has 12 heteroatoms. The first-order valence-electron chi connectivity index (χ1n) is 11.1. The summed E-state index contributed by atoms with van der Waals surface area (Å²) in [4.78, 5) is 30.0. The van der Waals surface area contributed by atoms with Crippen LogP contribution in [0.25, 0.3) is 0 Å². The number of thiazole rings is 1. The number of amides is 2. The van der Waals surface area contributed by atoms with E-state index in [0.29, 0.717) is 18.5 Å². The minimum atomic E-state index is -2.44. The molecule has 0 aliphatic heterocycles. The molecule has 0 saturated heterocycles. The summed E-state index contributed by atoms with van der Waals surface area (Å²) in [5, 5.41) is 8.54. The van der Waals surface area contributed by atoms with Crippen molar-refractivity contribution >= 4 is 40.4 Å². The first kappa shape index (κ1) is 27.3. The second-order valence-electron chi connectivity index (χ2n) is 7.76. The molecule has 1 aromatic heterocycles. The van der Waals surface area contributed by atoms with Crippen LogP contribution in [-0.4, -0.2) is 38.9 Å². The summed E-state index contributed by atoms with van der Waals surface area (Å²) >= 11 is -0.919. The van der Waals surface area contributed by atoms with Crippen molar-refractivity contribution in [3.63, 3.8) is 0 Å². The molecule has 3 aromatic rings. The number of hydrogen-bond donors (Lipinski definition) is 4. The summed E-state index contributed by atoms with van der Waals surface area (Å²) in [5.41, 5.74) is 5.38. The molecule has 4 N–H and O–H groups in total. The van der Waals surface area contributed by atoms with Crippen molar-refractivity contribution in [3.05, 3.63) is 81.8 Å². The van der Waals surface area contributed by atoms with Gasteiger partial charge in [-0.3, -0.25) is 9.35 Å². The number of benzene rings is 2. The molecule has 0 saturated carbocycles. The Hall–Kier alpha value is -3.32. The summed E-state index contributed by atoms with van der Waals surface area (Å²) in [6.45, 7) is 2.01. The molecular weight excluding hydrogens is 504 g/mol. The van der Waals surface area contributed by atoms with Crippen LogP contribution < -0.4 is 16.1 Å². The molecule has 192 valence electrons. The average molecular weight is 533 g/mol. The Morgan fingerprint density at radius 2 is 1.75 bits per heavy atom. The van der Waals surface area contributed by atoms with Gasteiger partial charge in [0.05, 0.1) is 29.5 Å². The van der Waals surface area contributed by atoms with E-state index in [1.54, 1.807) is 12.1 Å². The maximum atomic E-state index is 13.4. The van der Waals surface area contributed by atoms with Gasteiger partial charge in [0.2, 0.25) is 5.91 Å². The summed E-state index contributed by atoms with van der Waals surface area (Å²) in [6, 6.07) is 15.1. The number of hydrogen-bond acceptors (Lipinski definition) is 8. The zero-order valence-electron chi connectivity index (χ0n) is 19.8. The Bertz CT molecular complexity index is 1160. The number of nitrogens with one attached hydrogen (secondary N) is 3. The van der Waals surface area contributed by atoms with E-state index in [1.165, 1.54) is 18.4 Å². The van der Waals surface area contributed by atoms with Crippen LogP contribution in [-0.2, 0) is 44.4 Å². The molecule has 3 atom stereocenters. The molecule has 1 heterocycles. The van der Waals surface area contributed by atoms with Gasteiger partial charge in [0.15, 0.2) is 0 Å². The summed E-state index contributed by atoms with van der Waals surface area (Å²) in [6.07, 6.45) is 0.803. The van der Waals surface area contributed by atoms with Gasteiger partial charge in [-0.2, -0.15) is 4.21 Å². The maximum Gasteiger partial charge on any atom is 0.407 e. The third-order valence-corrected chi connectivity index (χ3v) is 6.48. The molecule has 0 bridgehead atoms. The highest BCUT2D eigenvalue weighted by Crippen LogP contribution is 2.23. The Morgan fingerprint density at radius 1 is 1.06 bits per heavy atom. The highest BCUT2D eigenvalue weighted by molar-refractivity contribution is 7.74. The van der Waals surface area contributed by atoms with Crippen LogP contribution in [0.15, 0.2) is 60.0 Å². The molecule has 10 nitrogen and oxygen atoms in total. The highest BCUT2D eigenvalue weighted by atomic mass is 32.2. The Morgan fingerprint density at radius 3 is 2.36 bits per heavy atom. The Labute approximate surface area is 215 Å². The molecule has 36 heavy (non-hydrogen) atoms. The van der Waals surface area contributed by atoms with Crippen molar-refractivity contribution in [1.82, 2.24) is 15.6 Å². The molecule has 0 radical (unpaired) electrons. The van der Waals surface area contributed by atoms with E-state index in [0.717, 1.165) is 28.2 Å². The van der Waals surface area contributed by atoms with Crippen molar-refractivity contribution in [2.24, 2.45) is 0 Å². The lowest BCUT2D eigenvalue weighted by molar-refractivity contribution is -0.123. The third-order valence-electron chi connectivity index (χ3n) is 5.25. The maximum absolute atomic E-state index is 13.4. The predicted octanol–water partition coefficient (Wildman–Crippen LogP) is 3.55. The molecule has 0 aliphatic rings. The van der Waals surface area contributed by atoms with Crippen molar-refractivity contribution in [2.45, 2.75) is 38.3 Å². The molecule has 0 aliphatic carbocycles. The fourth-order valence-electron chi connectivity index (χ4n) is 3.44. The van der Waals surface area contributed by atoms with Gasteiger partial charge in [-0.25, -0.2) is 15.3 Å². The van der Waals surface area contributed by atoms with Crippen LogP contribution in [0.4, 0.5) is 10.5 Å². The van der Waals surface area contributed by atoms with E-state index in [-0.39, 0.29) is 5.91 Å². The number of methoxy groups -OCH3 is 1. The number of aryl methyl sites for hydroxylation is 1. The fourth-order valence-corrected chi connectivity index (χ4v) is 4.40. The molecule has 2 aromatic carbocycles. The van der Waals surface area contributed by atoms with Crippen molar-refractivity contribution < 1.29 is 27.4 Å². The van der Waals surface area contributed by atoms with E-state index in [4.69, 9.17) is 9.29 Å². The molecule has 0 fully saturated rings. The summed E-state index contributed by atoms with van der Waals surface area (Å²) in [5.74, 6) is -0.364. The van der Waals surface area contributed by atoms with Crippen molar-refractivity contribution in [1.29, 1.82) is 0 Å².